The van der Waals surface area contributed by atoms with E-state index in [4.69, 9.17) is 46.4 Å². The molecule has 0 fully saturated rings. The van der Waals surface area contributed by atoms with Gasteiger partial charge < -0.3 is 5.32 Å². The van der Waals surface area contributed by atoms with Crippen LogP contribution in [0.4, 0.5) is 5.69 Å². The van der Waals surface area contributed by atoms with Crippen LogP contribution in [0.2, 0.25) is 20.1 Å². The summed E-state index contributed by atoms with van der Waals surface area (Å²) in [6.07, 6.45) is 0. The van der Waals surface area contributed by atoms with Crippen molar-refractivity contribution in [1.82, 2.24) is 4.90 Å². The Morgan fingerprint density at radius 3 is 1.81 bits per heavy atom. The standard InChI is InChI=1S/C17H9BrCl4N2O3/c1-6(15(25)23-8-4-2-7(18)3-5-8)24-16(26)9-10(17(24)27)12(20)14(22)13(21)11(9)19/h2-6H,1H3,(H,23,25)/t6-/m1/s1. The minimum atomic E-state index is -1.12. The lowest BCUT2D eigenvalue weighted by atomic mass is 10.1. The Morgan fingerprint density at radius 1 is 0.926 bits per heavy atom. The van der Waals surface area contributed by atoms with Gasteiger partial charge in [0.25, 0.3) is 11.8 Å². The topological polar surface area (TPSA) is 66.5 Å². The number of nitrogens with zero attached hydrogens (tertiary/aromatic N) is 1. The smallest absolute Gasteiger partial charge is 0.263 e. The molecule has 0 saturated heterocycles. The van der Waals surface area contributed by atoms with Crippen LogP contribution in [0.25, 0.3) is 0 Å². The summed E-state index contributed by atoms with van der Waals surface area (Å²) >= 11 is 27.4. The van der Waals surface area contributed by atoms with E-state index in [0.717, 1.165) is 9.37 Å². The zero-order valence-corrected chi connectivity index (χ0v) is 18.1. The van der Waals surface area contributed by atoms with Gasteiger partial charge in [0.15, 0.2) is 0 Å². The van der Waals surface area contributed by atoms with Crippen molar-refractivity contribution in [2.75, 3.05) is 5.32 Å². The third kappa shape index (κ3) is 3.45. The number of carbonyl (C=O) groups is 3. The highest BCUT2D eigenvalue weighted by atomic mass is 79.9. The number of nitrogens with one attached hydrogen (secondary N) is 1. The van der Waals surface area contributed by atoms with Crippen LogP contribution in [-0.2, 0) is 4.79 Å². The lowest BCUT2D eigenvalue weighted by molar-refractivity contribution is -0.119. The quantitative estimate of drug-likeness (QED) is 0.328. The second-order valence-electron chi connectivity index (χ2n) is 5.66. The Morgan fingerprint density at radius 2 is 1.37 bits per heavy atom. The molecule has 0 unspecified atom stereocenters. The first kappa shape index (κ1) is 20.4. The minimum absolute atomic E-state index is 0.128. The molecule has 2 aromatic carbocycles. The number of benzene rings is 2. The van der Waals surface area contributed by atoms with Crippen molar-refractivity contribution in [3.8, 4) is 0 Å². The summed E-state index contributed by atoms with van der Waals surface area (Å²) < 4.78 is 0.840. The molecule has 5 nitrogen and oxygen atoms in total. The summed E-state index contributed by atoms with van der Waals surface area (Å²) in [5.41, 5.74) is 0.183. The highest BCUT2D eigenvalue weighted by molar-refractivity contribution is 9.10. The highest BCUT2D eigenvalue weighted by Gasteiger charge is 2.45. The van der Waals surface area contributed by atoms with E-state index in [9.17, 15) is 14.4 Å². The summed E-state index contributed by atoms with van der Waals surface area (Å²) in [6, 6.07) is 5.71. The first-order chi connectivity index (χ1) is 12.6. The van der Waals surface area contributed by atoms with E-state index in [2.05, 4.69) is 21.2 Å². The largest absolute Gasteiger partial charge is 0.324 e. The second-order valence-corrected chi connectivity index (χ2v) is 8.09. The Labute approximate surface area is 182 Å². The van der Waals surface area contributed by atoms with Gasteiger partial charge in [0, 0.05) is 10.2 Å². The number of rotatable bonds is 3. The van der Waals surface area contributed by atoms with Crippen LogP contribution in [0.5, 0.6) is 0 Å². The average Bonchev–Trinajstić information content (AvgIpc) is 2.90. The van der Waals surface area contributed by atoms with E-state index in [1.807, 2.05) is 0 Å². The maximum Gasteiger partial charge on any atom is 0.263 e. The molecule has 1 aliphatic rings. The number of anilines is 1. The fourth-order valence-corrected chi connectivity index (χ4v) is 3.89. The van der Waals surface area contributed by atoms with Crippen molar-refractivity contribution >= 4 is 85.7 Å². The number of carbonyl (C=O) groups excluding carboxylic acids is 3. The van der Waals surface area contributed by atoms with Gasteiger partial charge in [-0.05, 0) is 31.2 Å². The van der Waals surface area contributed by atoms with Gasteiger partial charge in [-0.3, -0.25) is 19.3 Å². The molecule has 1 atom stereocenters. The molecule has 0 radical (unpaired) electrons. The van der Waals surface area contributed by atoms with Crippen molar-refractivity contribution in [3.63, 3.8) is 0 Å². The van der Waals surface area contributed by atoms with Crippen LogP contribution in [0.15, 0.2) is 28.7 Å². The van der Waals surface area contributed by atoms with Gasteiger partial charge in [-0.25, -0.2) is 0 Å². The molecule has 140 valence electrons. The van der Waals surface area contributed by atoms with E-state index >= 15 is 0 Å². The van der Waals surface area contributed by atoms with Crippen molar-refractivity contribution in [2.45, 2.75) is 13.0 Å². The van der Waals surface area contributed by atoms with Crippen molar-refractivity contribution < 1.29 is 14.4 Å². The van der Waals surface area contributed by atoms with Crippen LogP contribution < -0.4 is 5.32 Å². The predicted molar refractivity (Wildman–Crippen MR) is 109 cm³/mol. The fraction of sp³-hybridized carbons (Fsp3) is 0.118. The molecular formula is C17H9BrCl4N2O3. The van der Waals surface area contributed by atoms with Gasteiger partial charge in [0.05, 0.1) is 31.2 Å². The van der Waals surface area contributed by atoms with Gasteiger partial charge in [-0.2, -0.15) is 0 Å². The molecule has 1 N–H and O–H groups in total. The molecule has 0 spiro atoms. The Bertz CT molecular complexity index is 948. The number of halogens is 5. The zero-order valence-electron chi connectivity index (χ0n) is 13.4. The van der Waals surface area contributed by atoms with E-state index in [-0.39, 0.29) is 31.2 Å². The summed E-state index contributed by atoms with van der Waals surface area (Å²) in [5, 5.41) is 2.03. The number of hydrogen-bond donors (Lipinski definition) is 1. The van der Waals surface area contributed by atoms with Gasteiger partial charge in [-0.15, -0.1) is 0 Å². The van der Waals surface area contributed by atoms with Gasteiger partial charge in [0.2, 0.25) is 5.91 Å². The van der Waals surface area contributed by atoms with E-state index in [1.165, 1.54) is 6.92 Å². The predicted octanol–water partition coefficient (Wildman–Crippen LogP) is 5.69. The number of fused-ring (bicyclic) bond motifs is 1. The summed E-state index contributed by atoms with van der Waals surface area (Å²) in [4.78, 5) is 38.8. The van der Waals surface area contributed by atoms with E-state index in [1.54, 1.807) is 24.3 Å². The second kappa shape index (κ2) is 7.60. The minimum Gasteiger partial charge on any atom is -0.324 e. The van der Waals surface area contributed by atoms with Crippen LogP contribution in [0.3, 0.4) is 0 Å². The maximum absolute atomic E-state index is 12.8. The summed E-state index contributed by atoms with van der Waals surface area (Å²) in [6.45, 7) is 1.42. The van der Waals surface area contributed by atoms with Crippen molar-refractivity contribution in [3.05, 3.63) is 60.0 Å². The van der Waals surface area contributed by atoms with E-state index < -0.39 is 23.8 Å². The third-order valence-electron chi connectivity index (χ3n) is 4.01. The van der Waals surface area contributed by atoms with Gasteiger partial charge in [0.1, 0.15) is 6.04 Å². The molecule has 27 heavy (non-hydrogen) atoms. The highest BCUT2D eigenvalue weighted by Crippen LogP contribution is 2.45. The molecule has 0 saturated carbocycles. The molecule has 10 heteroatoms. The Hall–Kier alpha value is -1.31. The summed E-state index contributed by atoms with van der Waals surface area (Å²) in [7, 11) is 0. The third-order valence-corrected chi connectivity index (χ3v) is 6.34. The number of imide groups is 1. The molecule has 2 aromatic rings. The fourth-order valence-electron chi connectivity index (χ4n) is 2.62. The first-order valence-electron chi connectivity index (χ1n) is 7.45. The molecule has 0 aromatic heterocycles. The molecule has 0 aliphatic carbocycles. The molecule has 3 amide bonds. The lowest BCUT2D eigenvalue weighted by Crippen LogP contribution is -2.45. The SMILES string of the molecule is C[C@H](C(=O)Nc1ccc(Br)cc1)N1C(=O)c2c(Cl)c(Cl)c(Cl)c(Cl)c2C1=O. The molecule has 1 aliphatic heterocycles. The van der Waals surface area contributed by atoms with Gasteiger partial charge >= 0.3 is 0 Å². The lowest BCUT2D eigenvalue weighted by Gasteiger charge is -2.21. The van der Waals surface area contributed by atoms with Crippen LogP contribution in [0, 0.1) is 0 Å². The first-order valence-corrected chi connectivity index (χ1v) is 9.75. The average molecular weight is 511 g/mol. The number of amides is 3. The van der Waals surface area contributed by atoms with Crippen LogP contribution in [0.1, 0.15) is 27.6 Å². The van der Waals surface area contributed by atoms with Crippen molar-refractivity contribution in [2.24, 2.45) is 0 Å². The number of hydrogen-bond acceptors (Lipinski definition) is 3. The van der Waals surface area contributed by atoms with Gasteiger partial charge in [-0.1, -0.05) is 62.3 Å². The Kier molecular flexibility index (Phi) is 5.75. The monoisotopic (exact) mass is 508 g/mol. The van der Waals surface area contributed by atoms with E-state index in [0.29, 0.717) is 5.69 Å². The Balaban J connectivity index is 1.93. The summed E-state index contributed by atoms with van der Waals surface area (Å²) in [5.74, 6) is -2.09. The normalized spacial score (nSPS) is 14.4. The van der Waals surface area contributed by atoms with Crippen LogP contribution in [-0.4, -0.2) is 28.7 Å². The van der Waals surface area contributed by atoms with Crippen molar-refractivity contribution in [1.29, 1.82) is 0 Å². The maximum atomic E-state index is 12.8. The zero-order chi connectivity index (χ0) is 20.0. The molecular weight excluding hydrogens is 502 g/mol. The van der Waals surface area contributed by atoms with Crippen LogP contribution >= 0.6 is 62.3 Å². The molecule has 1 heterocycles. The molecule has 3 rings (SSSR count). The molecule has 0 bridgehead atoms.